The van der Waals surface area contributed by atoms with Crippen molar-refractivity contribution in [3.05, 3.63) is 46.6 Å². The van der Waals surface area contributed by atoms with E-state index in [1.807, 2.05) is 24.4 Å². The standard InChI is InChI=1S/C27H33ClN4O3/c28-20-3-4-24-23(15-20)27(26(34)30-24)5-8-31(9-6-27)10-11-35-22-14-19-2-1-7-32(25(19)29-16-22)21-12-18(13-21)17-33/h3-4,14-16,18,21,33H,1-2,5-13,17H2,(H,30,34)/t18-,21+. The van der Waals surface area contributed by atoms with Crippen molar-refractivity contribution < 1.29 is 14.6 Å². The average Bonchev–Trinajstić information content (AvgIpc) is 3.10. The molecule has 1 amide bonds. The van der Waals surface area contributed by atoms with Gasteiger partial charge in [0.05, 0.1) is 11.6 Å². The van der Waals surface area contributed by atoms with E-state index in [9.17, 15) is 9.90 Å². The molecule has 4 heterocycles. The van der Waals surface area contributed by atoms with Crippen LogP contribution in [0.1, 0.15) is 43.2 Å². The number of aliphatic hydroxyl groups excluding tert-OH is 1. The molecule has 0 unspecified atom stereocenters. The number of aryl methyl sites for hydroxylation is 1. The van der Waals surface area contributed by atoms with Gasteiger partial charge in [-0.05, 0) is 92.9 Å². The van der Waals surface area contributed by atoms with Crippen molar-refractivity contribution >= 4 is 29.0 Å². The molecule has 8 heteroatoms. The highest BCUT2D eigenvalue weighted by atomic mass is 35.5. The lowest BCUT2D eigenvalue weighted by atomic mass is 9.73. The highest BCUT2D eigenvalue weighted by molar-refractivity contribution is 6.31. The highest BCUT2D eigenvalue weighted by Gasteiger charge is 2.48. The van der Waals surface area contributed by atoms with Crippen molar-refractivity contribution in [2.24, 2.45) is 5.92 Å². The fraction of sp³-hybridized carbons (Fsp3) is 0.556. The van der Waals surface area contributed by atoms with Gasteiger partial charge in [-0.2, -0.15) is 0 Å². The molecule has 3 aliphatic heterocycles. The maximum atomic E-state index is 12.8. The van der Waals surface area contributed by atoms with Crippen LogP contribution < -0.4 is 15.0 Å². The van der Waals surface area contributed by atoms with Gasteiger partial charge in [0, 0.05) is 36.4 Å². The molecule has 7 nitrogen and oxygen atoms in total. The number of carbonyl (C=O) groups excluding carboxylic acids is 1. The van der Waals surface area contributed by atoms with E-state index in [1.165, 1.54) is 5.56 Å². The minimum absolute atomic E-state index is 0.105. The van der Waals surface area contributed by atoms with Crippen LogP contribution in [0, 0.1) is 5.92 Å². The molecular formula is C27H33ClN4O3. The number of fused-ring (bicyclic) bond motifs is 3. The summed E-state index contributed by atoms with van der Waals surface area (Å²) in [5, 5.41) is 13.1. The lowest BCUT2D eigenvalue weighted by Crippen LogP contribution is -2.48. The third kappa shape index (κ3) is 4.17. The number of hydrogen-bond donors (Lipinski definition) is 2. The largest absolute Gasteiger partial charge is 0.491 e. The van der Waals surface area contributed by atoms with E-state index in [0.717, 1.165) is 87.5 Å². The summed E-state index contributed by atoms with van der Waals surface area (Å²) < 4.78 is 6.10. The summed E-state index contributed by atoms with van der Waals surface area (Å²) in [6.07, 6.45) is 7.74. The number of nitrogens with zero attached hydrogens (tertiary/aromatic N) is 3. The molecular weight excluding hydrogens is 464 g/mol. The molecule has 1 saturated carbocycles. The van der Waals surface area contributed by atoms with Gasteiger partial charge in [0.25, 0.3) is 0 Å². The van der Waals surface area contributed by atoms with E-state index in [2.05, 4.69) is 21.2 Å². The Hall–Kier alpha value is -2.35. The SMILES string of the molecule is O=C1Nc2ccc(Cl)cc2C12CCN(CCOc1cnc3c(c1)CCCN3[C@H]1C[C@@H](CO)C1)CC2. The Kier molecular flexibility index (Phi) is 6.11. The Morgan fingerprint density at radius 3 is 2.83 bits per heavy atom. The van der Waals surface area contributed by atoms with Gasteiger partial charge in [-0.25, -0.2) is 4.98 Å². The fourth-order valence-electron chi connectivity index (χ4n) is 6.34. The summed E-state index contributed by atoms with van der Waals surface area (Å²) >= 11 is 6.24. The zero-order valence-electron chi connectivity index (χ0n) is 20.0. The number of amides is 1. The van der Waals surface area contributed by atoms with E-state index >= 15 is 0 Å². The van der Waals surface area contributed by atoms with Crippen LogP contribution in [0.4, 0.5) is 11.5 Å². The number of hydrogen-bond acceptors (Lipinski definition) is 6. The Morgan fingerprint density at radius 1 is 1.20 bits per heavy atom. The number of piperidine rings is 1. The van der Waals surface area contributed by atoms with Crippen LogP contribution in [-0.4, -0.2) is 66.3 Å². The normalized spacial score (nSPS) is 25.1. The summed E-state index contributed by atoms with van der Waals surface area (Å²) in [5.41, 5.74) is 2.77. The van der Waals surface area contributed by atoms with Gasteiger partial charge in [0.2, 0.25) is 5.91 Å². The summed E-state index contributed by atoms with van der Waals surface area (Å²) in [6.45, 7) is 4.49. The molecule has 1 aliphatic carbocycles. The maximum absolute atomic E-state index is 12.8. The topological polar surface area (TPSA) is 77.9 Å². The van der Waals surface area contributed by atoms with Crippen molar-refractivity contribution in [3.8, 4) is 5.75 Å². The average molecular weight is 497 g/mol. The van der Waals surface area contributed by atoms with Crippen molar-refractivity contribution in [1.29, 1.82) is 0 Å². The van der Waals surface area contributed by atoms with Gasteiger partial charge in [-0.1, -0.05) is 11.6 Å². The minimum atomic E-state index is -0.455. The van der Waals surface area contributed by atoms with Crippen LogP contribution >= 0.6 is 11.6 Å². The molecule has 6 rings (SSSR count). The van der Waals surface area contributed by atoms with Gasteiger partial charge in [0.1, 0.15) is 18.2 Å². The van der Waals surface area contributed by atoms with E-state index < -0.39 is 5.41 Å². The first-order valence-electron chi connectivity index (χ1n) is 12.9. The Labute approximate surface area is 211 Å². The van der Waals surface area contributed by atoms with Gasteiger partial charge >= 0.3 is 0 Å². The Bertz CT molecular complexity index is 1110. The molecule has 186 valence electrons. The molecule has 1 spiro atoms. The molecule has 2 N–H and O–H groups in total. The second kappa shape index (κ2) is 9.26. The quantitative estimate of drug-likeness (QED) is 0.636. The summed E-state index contributed by atoms with van der Waals surface area (Å²) in [5.74, 6) is 2.49. The van der Waals surface area contributed by atoms with Crippen LogP contribution in [0.25, 0.3) is 0 Å². The third-order valence-corrected chi connectivity index (χ3v) is 8.75. The van der Waals surface area contributed by atoms with Crippen molar-refractivity contribution in [2.45, 2.75) is 50.0 Å². The van der Waals surface area contributed by atoms with Gasteiger partial charge in [0.15, 0.2) is 0 Å². The number of rotatable bonds is 6. The smallest absolute Gasteiger partial charge is 0.235 e. The van der Waals surface area contributed by atoms with Gasteiger partial charge < -0.3 is 20.1 Å². The number of halogens is 1. The molecule has 1 aromatic carbocycles. The first-order chi connectivity index (χ1) is 17.1. The summed E-state index contributed by atoms with van der Waals surface area (Å²) in [4.78, 5) is 22.4. The number of nitrogens with one attached hydrogen (secondary N) is 1. The zero-order valence-corrected chi connectivity index (χ0v) is 20.8. The number of aromatic nitrogens is 1. The van der Waals surface area contributed by atoms with Crippen LogP contribution in [0.15, 0.2) is 30.5 Å². The second-order valence-corrected chi connectivity index (χ2v) is 11.0. The van der Waals surface area contributed by atoms with Gasteiger partial charge in [-0.15, -0.1) is 0 Å². The molecule has 35 heavy (non-hydrogen) atoms. The lowest BCUT2D eigenvalue weighted by molar-refractivity contribution is -0.122. The van der Waals surface area contributed by atoms with Crippen LogP contribution in [0.2, 0.25) is 5.02 Å². The Morgan fingerprint density at radius 2 is 2.03 bits per heavy atom. The molecule has 4 aliphatic rings. The van der Waals surface area contributed by atoms with Crippen molar-refractivity contribution in [1.82, 2.24) is 9.88 Å². The molecule has 0 radical (unpaired) electrons. The van der Waals surface area contributed by atoms with Crippen molar-refractivity contribution in [3.63, 3.8) is 0 Å². The molecule has 1 saturated heterocycles. The number of aliphatic hydroxyl groups is 1. The predicted molar refractivity (Wildman–Crippen MR) is 136 cm³/mol. The van der Waals surface area contributed by atoms with E-state index in [0.29, 0.717) is 30.2 Å². The van der Waals surface area contributed by atoms with E-state index in [4.69, 9.17) is 21.3 Å². The van der Waals surface area contributed by atoms with E-state index in [-0.39, 0.29) is 5.91 Å². The third-order valence-electron chi connectivity index (χ3n) is 8.51. The van der Waals surface area contributed by atoms with Gasteiger partial charge in [-0.3, -0.25) is 9.69 Å². The minimum Gasteiger partial charge on any atom is -0.491 e. The van der Waals surface area contributed by atoms with Crippen LogP contribution in [0.3, 0.4) is 0 Å². The Balaban J connectivity index is 1.03. The monoisotopic (exact) mass is 496 g/mol. The molecule has 0 bridgehead atoms. The van der Waals surface area contributed by atoms with Crippen LogP contribution in [0.5, 0.6) is 5.75 Å². The molecule has 0 atom stereocenters. The number of pyridine rings is 1. The number of benzene rings is 1. The molecule has 2 fully saturated rings. The van der Waals surface area contributed by atoms with E-state index in [1.54, 1.807) is 0 Å². The molecule has 2 aromatic rings. The highest BCUT2D eigenvalue weighted by Crippen LogP contribution is 2.45. The zero-order chi connectivity index (χ0) is 24.0. The number of carbonyl (C=O) groups is 1. The lowest BCUT2D eigenvalue weighted by Gasteiger charge is -2.45. The predicted octanol–water partition coefficient (Wildman–Crippen LogP) is 3.62. The summed E-state index contributed by atoms with van der Waals surface area (Å²) in [7, 11) is 0. The molecule has 1 aromatic heterocycles. The number of anilines is 2. The fourth-order valence-corrected chi connectivity index (χ4v) is 6.51. The number of likely N-dealkylation sites (tertiary alicyclic amines) is 1. The summed E-state index contributed by atoms with van der Waals surface area (Å²) in [6, 6.07) is 8.37. The second-order valence-electron chi connectivity index (χ2n) is 10.5. The maximum Gasteiger partial charge on any atom is 0.235 e. The van der Waals surface area contributed by atoms with Crippen molar-refractivity contribution in [2.75, 3.05) is 49.6 Å². The first-order valence-corrected chi connectivity index (χ1v) is 13.3. The number of ether oxygens (including phenoxy) is 1. The first kappa shape index (κ1) is 23.1. The van der Waals surface area contributed by atoms with Crippen LogP contribution in [-0.2, 0) is 16.6 Å².